The van der Waals surface area contributed by atoms with Crippen molar-refractivity contribution in [1.29, 1.82) is 0 Å². The van der Waals surface area contributed by atoms with E-state index in [-0.39, 0.29) is 11.5 Å². The van der Waals surface area contributed by atoms with Gasteiger partial charge in [-0.2, -0.15) is 0 Å². The van der Waals surface area contributed by atoms with Gasteiger partial charge in [-0.3, -0.25) is 4.79 Å². The summed E-state index contributed by atoms with van der Waals surface area (Å²) in [7, 11) is 0. The standard InChI is InChI=1S/C19H30O2.C9H10O.C2H6/c1-18-9-7-13(20)11-12(18)3-4-14-15-5-6-17(21)19(15,2)10-8-16(14)18;1-2-8-10-9-6-4-3-5-7-9;1-2/h12,14-17,21H,3-11H2,1-2H3;2-7H,1,8H2;1-2H3. The summed E-state index contributed by atoms with van der Waals surface area (Å²) in [6, 6.07) is 9.69. The Morgan fingerprint density at radius 3 is 2.39 bits per heavy atom. The molecule has 0 amide bonds. The van der Waals surface area contributed by atoms with Crippen molar-refractivity contribution in [2.24, 2.45) is 34.5 Å². The molecular weight excluding hydrogens is 408 g/mol. The number of fused-ring (bicyclic) bond motifs is 5. The SMILES string of the molecule is C=CCOc1ccccc1.CC.CC12CCC3C(CCC4CC(=O)CCC43C)C1CCC2O. The molecule has 7 unspecified atom stereocenters. The van der Waals surface area contributed by atoms with Crippen LogP contribution in [-0.2, 0) is 4.79 Å². The van der Waals surface area contributed by atoms with Gasteiger partial charge in [-0.05, 0) is 91.6 Å². The van der Waals surface area contributed by atoms with E-state index in [1.807, 2.05) is 44.2 Å². The van der Waals surface area contributed by atoms with Gasteiger partial charge in [-0.15, -0.1) is 0 Å². The fourth-order valence-electron chi connectivity index (χ4n) is 7.69. The Kier molecular flexibility index (Phi) is 8.83. The number of hydrogen-bond donors (Lipinski definition) is 1. The molecule has 0 saturated heterocycles. The van der Waals surface area contributed by atoms with Crippen molar-refractivity contribution in [2.75, 3.05) is 6.61 Å². The van der Waals surface area contributed by atoms with Gasteiger partial charge in [0.2, 0.25) is 0 Å². The van der Waals surface area contributed by atoms with Crippen LogP contribution >= 0.6 is 0 Å². The smallest absolute Gasteiger partial charge is 0.133 e. The van der Waals surface area contributed by atoms with E-state index >= 15 is 0 Å². The van der Waals surface area contributed by atoms with Crippen molar-refractivity contribution in [1.82, 2.24) is 0 Å². The molecule has 4 aliphatic carbocycles. The number of carbonyl (C=O) groups is 1. The summed E-state index contributed by atoms with van der Waals surface area (Å²) in [5, 5.41) is 10.5. The van der Waals surface area contributed by atoms with Crippen molar-refractivity contribution >= 4 is 5.78 Å². The first-order chi connectivity index (χ1) is 15.9. The number of benzene rings is 1. The maximum atomic E-state index is 11.9. The van der Waals surface area contributed by atoms with Gasteiger partial charge in [0.25, 0.3) is 0 Å². The largest absolute Gasteiger partial charge is 0.490 e. The number of ketones is 1. The molecule has 0 heterocycles. The highest BCUT2D eigenvalue weighted by atomic mass is 16.5. The van der Waals surface area contributed by atoms with Gasteiger partial charge in [0.05, 0.1) is 6.10 Å². The van der Waals surface area contributed by atoms with Crippen LogP contribution < -0.4 is 4.74 Å². The van der Waals surface area contributed by atoms with Crippen LogP contribution in [0, 0.1) is 34.5 Å². The zero-order valence-electron chi connectivity index (χ0n) is 21.4. The number of rotatable bonds is 3. The Labute approximate surface area is 202 Å². The molecule has 1 aromatic rings. The summed E-state index contributed by atoms with van der Waals surface area (Å²) in [4.78, 5) is 11.9. The molecule has 184 valence electrons. The van der Waals surface area contributed by atoms with Crippen LogP contribution in [0.4, 0.5) is 0 Å². The van der Waals surface area contributed by atoms with E-state index in [1.54, 1.807) is 6.08 Å². The third-order valence-electron chi connectivity index (χ3n) is 9.54. The molecule has 3 nitrogen and oxygen atoms in total. The van der Waals surface area contributed by atoms with Crippen LogP contribution in [0.2, 0.25) is 0 Å². The summed E-state index contributed by atoms with van der Waals surface area (Å²) in [6.07, 6.45) is 11.8. The van der Waals surface area contributed by atoms with Crippen molar-refractivity contribution in [2.45, 2.75) is 91.6 Å². The van der Waals surface area contributed by atoms with Gasteiger partial charge in [0.15, 0.2) is 0 Å². The molecule has 0 aliphatic heterocycles. The summed E-state index contributed by atoms with van der Waals surface area (Å²) in [5.74, 6) is 4.41. The molecule has 33 heavy (non-hydrogen) atoms. The average molecular weight is 455 g/mol. The molecule has 5 rings (SSSR count). The Hall–Kier alpha value is -1.61. The number of aliphatic hydroxyl groups is 1. The third-order valence-corrected chi connectivity index (χ3v) is 9.54. The fourth-order valence-corrected chi connectivity index (χ4v) is 7.69. The molecule has 7 atom stereocenters. The quantitative estimate of drug-likeness (QED) is 0.490. The topological polar surface area (TPSA) is 46.5 Å². The molecule has 4 fully saturated rings. The van der Waals surface area contributed by atoms with Gasteiger partial charge in [0.1, 0.15) is 18.1 Å². The lowest BCUT2D eigenvalue weighted by Crippen LogP contribution is -2.54. The summed E-state index contributed by atoms with van der Waals surface area (Å²) in [6.45, 7) is 13.0. The van der Waals surface area contributed by atoms with Crippen LogP contribution in [0.15, 0.2) is 43.0 Å². The van der Waals surface area contributed by atoms with E-state index in [0.717, 1.165) is 49.2 Å². The molecule has 4 saturated carbocycles. The molecule has 4 aliphatic rings. The molecule has 0 spiro atoms. The van der Waals surface area contributed by atoms with E-state index in [9.17, 15) is 9.90 Å². The van der Waals surface area contributed by atoms with Crippen LogP contribution in [-0.4, -0.2) is 23.6 Å². The second kappa shape index (κ2) is 11.2. The number of hydrogen-bond acceptors (Lipinski definition) is 3. The average Bonchev–Trinajstić information content (AvgIpc) is 3.15. The van der Waals surface area contributed by atoms with E-state index in [1.165, 1.54) is 32.1 Å². The van der Waals surface area contributed by atoms with Crippen LogP contribution in [0.3, 0.4) is 0 Å². The van der Waals surface area contributed by atoms with E-state index in [2.05, 4.69) is 20.4 Å². The lowest BCUT2D eigenvalue weighted by molar-refractivity contribution is -0.141. The van der Waals surface area contributed by atoms with Crippen molar-refractivity contribution in [3.05, 3.63) is 43.0 Å². The Bertz CT molecular complexity index is 774. The zero-order chi connectivity index (χ0) is 24.1. The summed E-state index contributed by atoms with van der Waals surface area (Å²) in [5.41, 5.74) is 0.598. The van der Waals surface area contributed by atoms with Crippen LogP contribution in [0.1, 0.15) is 85.5 Å². The van der Waals surface area contributed by atoms with Gasteiger partial charge in [-0.1, -0.05) is 58.5 Å². The fraction of sp³-hybridized carbons (Fsp3) is 0.700. The van der Waals surface area contributed by atoms with Crippen molar-refractivity contribution in [3.63, 3.8) is 0 Å². The van der Waals surface area contributed by atoms with Gasteiger partial charge in [0, 0.05) is 12.8 Å². The van der Waals surface area contributed by atoms with Gasteiger partial charge in [-0.25, -0.2) is 0 Å². The Morgan fingerprint density at radius 2 is 1.70 bits per heavy atom. The predicted octanol–water partition coefficient (Wildman–Crippen LogP) is 7.24. The first kappa shape index (κ1) is 26.0. The van der Waals surface area contributed by atoms with E-state index in [0.29, 0.717) is 23.7 Å². The highest BCUT2D eigenvalue weighted by molar-refractivity contribution is 5.79. The molecule has 3 heteroatoms. The van der Waals surface area contributed by atoms with E-state index < -0.39 is 0 Å². The molecule has 0 aromatic heterocycles. The minimum Gasteiger partial charge on any atom is -0.490 e. The summed E-state index contributed by atoms with van der Waals surface area (Å²) < 4.78 is 5.24. The first-order valence-corrected chi connectivity index (χ1v) is 13.4. The zero-order valence-corrected chi connectivity index (χ0v) is 21.4. The van der Waals surface area contributed by atoms with Crippen LogP contribution in [0.5, 0.6) is 5.75 Å². The lowest BCUT2D eigenvalue weighted by atomic mass is 9.45. The highest BCUT2D eigenvalue weighted by Gasteiger charge is 2.59. The number of Topliss-reactive ketones (excluding diaryl/α,β-unsaturated/α-hetero) is 1. The van der Waals surface area contributed by atoms with Gasteiger partial charge < -0.3 is 9.84 Å². The monoisotopic (exact) mass is 454 g/mol. The normalized spacial score (nSPS) is 38.8. The number of para-hydroxylation sites is 1. The molecular formula is C30H46O3. The first-order valence-electron chi connectivity index (χ1n) is 13.4. The highest BCUT2D eigenvalue weighted by Crippen LogP contribution is 2.65. The Morgan fingerprint density at radius 1 is 1.00 bits per heavy atom. The maximum Gasteiger partial charge on any atom is 0.133 e. The number of aliphatic hydroxyl groups excluding tert-OH is 1. The van der Waals surface area contributed by atoms with Gasteiger partial charge >= 0.3 is 0 Å². The predicted molar refractivity (Wildman–Crippen MR) is 136 cm³/mol. The van der Waals surface area contributed by atoms with Crippen molar-refractivity contribution < 1.29 is 14.6 Å². The second-order valence-corrected chi connectivity index (χ2v) is 11.0. The molecule has 1 aromatic carbocycles. The number of ether oxygens (including phenoxy) is 1. The Balaban J connectivity index is 0.000000216. The third kappa shape index (κ3) is 5.24. The van der Waals surface area contributed by atoms with Crippen LogP contribution in [0.25, 0.3) is 0 Å². The number of carbonyl (C=O) groups excluding carboxylic acids is 1. The summed E-state index contributed by atoms with van der Waals surface area (Å²) >= 11 is 0. The molecule has 0 bridgehead atoms. The minimum absolute atomic E-state index is 0.0677. The van der Waals surface area contributed by atoms with Crippen molar-refractivity contribution in [3.8, 4) is 5.75 Å². The second-order valence-electron chi connectivity index (χ2n) is 11.0. The molecule has 1 N–H and O–H groups in total. The van der Waals surface area contributed by atoms with E-state index in [4.69, 9.17) is 4.74 Å². The maximum absolute atomic E-state index is 11.9. The minimum atomic E-state index is -0.0677. The molecule has 0 radical (unpaired) electrons. The lowest BCUT2D eigenvalue weighted by Gasteiger charge is -2.60.